The first-order valence-electron chi connectivity index (χ1n) is 6.34. The molecule has 1 amide bonds. The van der Waals surface area contributed by atoms with E-state index in [-0.39, 0.29) is 12.1 Å². The molecule has 0 aliphatic heterocycles. The number of ether oxygens (including phenoxy) is 1. The smallest absolute Gasteiger partial charge is 0.248 e. The Morgan fingerprint density at radius 3 is 2.78 bits per heavy atom. The summed E-state index contributed by atoms with van der Waals surface area (Å²) in [6.45, 7) is 2.50. The Morgan fingerprint density at radius 2 is 2.22 bits per heavy atom. The van der Waals surface area contributed by atoms with Gasteiger partial charge in [0, 0.05) is 11.6 Å². The van der Waals surface area contributed by atoms with Crippen LogP contribution in [0, 0.1) is 6.92 Å². The predicted octanol–water partition coefficient (Wildman–Crippen LogP) is 1.49. The van der Waals surface area contributed by atoms with Crippen LogP contribution in [0.25, 0.3) is 0 Å². The van der Waals surface area contributed by atoms with E-state index >= 15 is 0 Å². The van der Waals surface area contributed by atoms with Gasteiger partial charge in [-0.2, -0.15) is 0 Å². The highest BCUT2D eigenvalue weighted by molar-refractivity contribution is 5.93. The van der Waals surface area contributed by atoms with Crippen molar-refractivity contribution in [3.63, 3.8) is 0 Å². The second kappa shape index (κ2) is 5.50. The molecule has 1 aromatic rings. The molecule has 2 unspecified atom stereocenters. The molecular formula is C14H20N2O2. The number of hydrogen-bond donors (Lipinski definition) is 2. The summed E-state index contributed by atoms with van der Waals surface area (Å²) in [7, 11) is 0. The number of aryl methyl sites for hydroxylation is 1. The van der Waals surface area contributed by atoms with Crippen molar-refractivity contribution in [1.29, 1.82) is 0 Å². The summed E-state index contributed by atoms with van der Waals surface area (Å²) in [4.78, 5) is 11.0. The molecule has 2 atom stereocenters. The van der Waals surface area contributed by atoms with Crippen molar-refractivity contribution in [3.05, 3.63) is 34.9 Å². The van der Waals surface area contributed by atoms with E-state index in [1.807, 2.05) is 13.0 Å². The van der Waals surface area contributed by atoms with Gasteiger partial charge < -0.3 is 16.2 Å². The summed E-state index contributed by atoms with van der Waals surface area (Å²) in [5.41, 5.74) is 13.8. The number of benzene rings is 1. The Hall–Kier alpha value is -1.39. The second-order valence-electron chi connectivity index (χ2n) is 4.95. The molecule has 1 saturated carbocycles. The van der Waals surface area contributed by atoms with E-state index in [2.05, 4.69) is 0 Å². The van der Waals surface area contributed by atoms with Crippen molar-refractivity contribution in [2.75, 3.05) is 0 Å². The van der Waals surface area contributed by atoms with E-state index in [0.29, 0.717) is 12.2 Å². The van der Waals surface area contributed by atoms with E-state index in [9.17, 15) is 4.79 Å². The Labute approximate surface area is 107 Å². The largest absolute Gasteiger partial charge is 0.372 e. The summed E-state index contributed by atoms with van der Waals surface area (Å²) in [6, 6.07) is 5.60. The molecule has 0 radical (unpaired) electrons. The number of carbonyl (C=O) groups is 1. The standard InChI is InChI=1S/C14H20N2O2/c1-9-7-10(14(16)17)5-6-11(9)8-18-13-4-2-3-12(13)15/h5-7,12-13H,2-4,8,15H2,1H3,(H2,16,17). The molecule has 18 heavy (non-hydrogen) atoms. The minimum absolute atomic E-state index is 0.162. The highest BCUT2D eigenvalue weighted by atomic mass is 16.5. The molecule has 0 spiro atoms. The summed E-state index contributed by atoms with van der Waals surface area (Å²) in [5.74, 6) is -0.400. The molecule has 98 valence electrons. The molecule has 1 fully saturated rings. The number of nitrogens with two attached hydrogens (primary N) is 2. The first kappa shape index (κ1) is 13.1. The van der Waals surface area contributed by atoms with Gasteiger partial charge in [-0.15, -0.1) is 0 Å². The summed E-state index contributed by atoms with van der Waals surface area (Å²) < 4.78 is 5.84. The molecular weight excluding hydrogens is 228 g/mol. The second-order valence-corrected chi connectivity index (χ2v) is 4.95. The SMILES string of the molecule is Cc1cc(C(N)=O)ccc1COC1CCCC1N. The van der Waals surface area contributed by atoms with Gasteiger partial charge in [0.25, 0.3) is 0 Å². The molecule has 1 aliphatic carbocycles. The molecule has 4 N–H and O–H groups in total. The highest BCUT2D eigenvalue weighted by Crippen LogP contribution is 2.22. The van der Waals surface area contributed by atoms with E-state index in [0.717, 1.165) is 30.4 Å². The van der Waals surface area contributed by atoms with Crippen LogP contribution in [0.15, 0.2) is 18.2 Å². The predicted molar refractivity (Wildman–Crippen MR) is 70.1 cm³/mol. The summed E-state index contributed by atoms with van der Waals surface area (Å²) in [6.07, 6.45) is 3.40. The Bertz CT molecular complexity index is 445. The number of amides is 1. The van der Waals surface area contributed by atoms with Crippen molar-refractivity contribution in [2.24, 2.45) is 11.5 Å². The minimum Gasteiger partial charge on any atom is -0.372 e. The Kier molecular flexibility index (Phi) is 3.99. The third-order valence-electron chi connectivity index (χ3n) is 3.58. The van der Waals surface area contributed by atoms with Gasteiger partial charge in [0.2, 0.25) is 5.91 Å². The fourth-order valence-electron chi connectivity index (χ4n) is 2.37. The van der Waals surface area contributed by atoms with E-state index in [1.165, 1.54) is 0 Å². The van der Waals surface area contributed by atoms with Crippen LogP contribution in [-0.4, -0.2) is 18.1 Å². The van der Waals surface area contributed by atoms with Gasteiger partial charge in [0.15, 0.2) is 0 Å². The Morgan fingerprint density at radius 1 is 1.44 bits per heavy atom. The normalized spacial score (nSPS) is 23.2. The highest BCUT2D eigenvalue weighted by Gasteiger charge is 2.24. The molecule has 4 nitrogen and oxygen atoms in total. The first-order chi connectivity index (χ1) is 8.58. The van der Waals surface area contributed by atoms with E-state index in [1.54, 1.807) is 12.1 Å². The van der Waals surface area contributed by atoms with Gasteiger partial charge in [-0.1, -0.05) is 6.07 Å². The first-order valence-corrected chi connectivity index (χ1v) is 6.34. The lowest BCUT2D eigenvalue weighted by Crippen LogP contribution is -2.31. The summed E-state index contributed by atoms with van der Waals surface area (Å²) >= 11 is 0. The van der Waals surface area contributed by atoms with Crippen LogP contribution in [0.5, 0.6) is 0 Å². The third-order valence-corrected chi connectivity index (χ3v) is 3.58. The molecule has 0 aromatic heterocycles. The summed E-state index contributed by atoms with van der Waals surface area (Å²) in [5, 5.41) is 0. The minimum atomic E-state index is -0.400. The van der Waals surface area contributed by atoms with Crippen LogP contribution in [-0.2, 0) is 11.3 Å². The van der Waals surface area contributed by atoms with Gasteiger partial charge in [0.05, 0.1) is 12.7 Å². The van der Waals surface area contributed by atoms with Crippen LogP contribution in [0.1, 0.15) is 40.7 Å². The van der Waals surface area contributed by atoms with Crippen LogP contribution < -0.4 is 11.5 Å². The average Bonchev–Trinajstić information content (AvgIpc) is 2.73. The lowest BCUT2D eigenvalue weighted by atomic mass is 10.1. The van der Waals surface area contributed by atoms with Gasteiger partial charge in [-0.3, -0.25) is 4.79 Å². The van der Waals surface area contributed by atoms with Crippen LogP contribution in [0.4, 0.5) is 0 Å². The molecule has 4 heteroatoms. The molecule has 0 heterocycles. The van der Waals surface area contributed by atoms with Crippen molar-refractivity contribution >= 4 is 5.91 Å². The zero-order valence-electron chi connectivity index (χ0n) is 10.7. The number of carbonyl (C=O) groups excluding carboxylic acids is 1. The number of hydrogen-bond acceptors (Lipinski definition) is 3. The molecule has 0 saturated heterocycles. The fraction of sp³-hybridized carbons (Fsp3) is 0.500. The maximum Gasteiger partial charge on any atom is 0.248 e. The molecule has 1 aliphatic rings. The number of rotatable bonds is 4. The van der Waals surface area contributed by atoms with Crippen molar-refractivity contribution in [2.45, 2.75) is 44.9 Å². The third kappa shape index (κ3) is 2.89. The van der Waals surface area contributed by atoms with Gasteiger partial charge >= 0.3 is 0 Å². The van der Waals surface area contributed by atoms with E-state index in [4.69, 9.17) is 16.2 Å². The molecule has 2 rings (SSSR count). The zero-order valence-corrected chi connectivity index (χ0v) is 10.7. The van der Waals surface area contributed by atoms with Gasteiger partial charge in [0.1, 0.15) is 0 Å². The topological polar surface area (TPSA) is 78.3 Å². The quantitative estimate of drug-likeness (QED) is 0.847. The fourth-order valence-corrected chi connectivity index (χ4v) is 2.37. The number of primary amides is 1. The lowest BCUT2D eigenvalue weighted by molar-refractivity contribution is 0.0354. The Balaban J connectivity index is 1.99. The monoisotopic (exact) mass is 248 g/mol. The maximum atomic E-state index is 11.0. The van der Waals surface area contributed by atoms with Crippen molar-refractivity contribution in [3.8, 4) is 0 Å². The zero-order chi connectivity index (χ0) is 13.1. The van der Waals surface area contributed by atoms with Crippen molar-refractivity contribution in [1.82, 2.24) is 0 Å². The van der Waals surface area contributed by atoms with Gasteiger partial charge in [-0.05, 0) is 49.4 Å². The molecule has 1 aromatic carbocycles. The lowest BCUT2D eigenvalue weighted by Gasteiger charge is -2.17. The van der Waals surface area contributed by atoms with Crippen LogP contribution in [0.3, 0.4) is 0 Å². The van der Waals surface area contributed by atoms with Crippen LogP contribution in [0.2, 0.25) is 0 Å². The van der Waals surface area contributed by atoms with E-state index < -0.39 is 5.91 Å². The van der Waals surface area contributed by atoms with Crippen LogP contribution >= 0.6 is 0 Å². The molecule has 0 bridgehead atoms. The average molecular weight is 248 g/mol. The van der Waals surface area contributed by atoms with Crippen molar-refractivity contribution < 1.29 is 9.53 Å². The maximum absolute atomic E-state index is 11.0. The van der Waals surface area contributed by atoms with Gasteiger partial charge in [-0.25, -0.2) is 0 Å².